The van der Waals surface area contributed by atoms with Gasteiger partial charge in [-0.2, -0.15) is 0 Å². The molecule has 3 aliphatic heterocycles. The Hall–Kier alpha value is -2.32. The summed E-state index contributed by atoms with van der Waals surface area (Å²) in [5, 5.41) is 4.13. The van der Waals surface area contributed by atoms with Gasteiger partial charge in [0.25, 0.3) is 5.91 Å². The monoisotopic (exact) mass is 376 g/mol. The molecule has 27 heavy (non-hydrogen) atoms. The van der Waals surface area contributed by atoms with Gasteiger partial charge in [0.1, 0.15) is 0 Å². The van der Waals surface area contributed by atoms with Gasteiger partial charge in [0, 0.05) is 37.9 Å². The fourth-order valence-electron chi connectivity index (χ4n) is 3.75. The van der Waals surface area contributed by atoms with E-state index < -0.39 is 11.9 Å². The molecule has 0 aliphatic carbocycles. The van der Waals surface area contributed by atoms with Gasteiger partial charge < -0.3 is 28.7 Å². The number of hydrogen-bond donors (Lipinski definition) is 0. The minimum absolute atomic E-state index is 0.0397. The van der Waals surface area contributed by atoms with Crippen molar-refractivity contribution in [3.63, 3.8) is 0 Å². The lowest BCUT2D eigenvalue weighted by Gasteiger charge is -2.38. The lowest BCUT2D eigenvalue weighted by atomic mass is 10.0. The Balaban J connectivity index is 1.37. The van der Waals surface area contributed by atoms with Gasteiger partial charge in [0.2, 0.25) is 6.10 Å². The van der Waals surface area contributed by atoms with Gasteiger partial charge in [-0.1, -0.05) is 5.16 Å². The van der Waals surface area contributed by atoms with E-state index in [1.165, 1.54) is 0 Å². The van der Waals surface area contributed by atoms with Crippen molar-refractivity contribution in [3.05, 3.63) is 23.8 Å². The van der Waals surface area contributed by atoms with Gasteiger partial charge >= 0.3 is 0 Å². The molecule has 2 saturated heterocycles. The molecule has 3 aliphatic rings. The Morgan fingerprint density at radius 3 is 2.52 bits per heavy atom. The van der Waals surface area contributed by atoms with E-state index in [9.17, 15) is 4.79 Å². The molecule has 1 aromatic carbocycles. The highest BCUT2D eigenvalue weighted by Gasteiger charge is 2.42. The summed E-state index contributed by atoms with van der Waals surface area (Å²) in [7, 11) is 3.18. The standard InChI is InChI=1S/C19H24N2O6/c1-23-15-4-3-13(11-16(15)24-2)14-12-17(27-20-14)18(22)21-7-5-19(6-8-21)25-9-10-26-19/h3-4,11,17H,5-10,12H2,1-2H3/t17-/m0/s1. The third-order valence-electron chi connectivity index (χ3n) is 5.31. The van der Waals surface area contributed by atoms with Crippen molar-refractivity contribution < 1.29 is 28.6 Å². The number of benzene rings is 1. The zero-order valence-electron chi connectivity index (χ0n) is 15.6. The Bertz CT molecular complexity index is 734. The van der Waals surface area contributed by atoms with Gasteiger partial charge in [-0.05, 0) is 18.2 Å². The number of carbonyl (C=O) groups is 1. The van der Waals surface area contributed by atoms with Crippen molar-refractivity contribution in [2.45, 2.75) is 31.2 Å². The number of oxime groups is 1. The largest absolute Gasteiger partial charge is 0.493 e. The third kappa shape index (κ3) is 3.46. The van der Waals surface area contributed by atoms with E-state index in [1.54, 1.807) is 14.2 Å². The number of amides is 1. The fraction of sp³-hybridized carbons (Fsp3) is 0.579. The summed E-state index contributed by atoms with van der Waals surface area (Å²) >= 11 is 0. The zero-order valence-corrected chi connectivity index (χ0v) is 15.6. The second kappa shape index (κ2) is 7.36. The molecule has 0 saturated carbocycles. The van der Waals surface area contributed by atoms with E-state index in [2.05, 4.69) is 5.16 Å². The summed E-state index contributed by atoms with van der Waals surface area (Å²) < 4.78 is 22.0. The topological polar surface area (TPSA) is 78.8 Å². The molecule has 3 heterocycles. The quantitative estimate of drug-likeness (QED) is 0.794. The molecule has 0 bridgehead atoms. The van der Waals surface area contributed by atoms with Crippen LogP contribution in [0.4, 0.5) is 0 Å². The molecule has 1 aromatic rings. The molecule has 1 atom stereocenters. The van der Waals surface area contributed by atoms with E-state index in [0.717, 1.165) is 11.3 Å². The number of hydrogen-bond acceptors (Lipinski definition) is 7. The molecular weight excluding hydrogens is 352 g/mol. The van der Waals surface area contributed by atoms with E-state index >= 15 is 0 Å². The Kier molecular flexibility index (Phi) is 4.92. The molecular formula is C19H24N2O6. The van der Waals surface area contributed by atoms with Gasteiger partial charge in [0.05, 0.1) is 33.1 Å². The van der Waals surface area contributed by atoms with Crippen LogP contribution in [-0.4, -0.2) is 68.9 Å². The Morgan fingerprint density at radius 1 is 1.15 bits per heavy atom. The Labute approximate surface area is 157 Å². The summed E-state index contributed by atoms with van der Waals surface area (Å²) in [6.07, 6.45) is 1.22. The van der Waals surface area contributed by atoms with Crippen molar-refractivity contribution in [1.29, 1.82) is 0 Å². The maximum atomic E-state index is 12.8. The van der Waals surface area contributed by atoms with Crippen LogP contribution in [0, 0.1) is 0 Å². The van der Waals surface area contributed by atoms with Crippen LogP contribution in [0.1, 0.15) is 24.8 Å². The normalized spacial score (nSPS) is 23.9. The molecule has 2 fully saturated rings. The summed E-state index contributed by atoms with van der Waals surface area (Å²) in [4.78, 5) is 20.1. The van der Waals surface area contributed by atoms with E-state index in [1.807, 2.05) is 23.1 Å². The summed E-state index contributed by atoms with van der Waals surface area (Å²) in [6, 6.07) is 5.54. The van der Waals surface area contributed by atoms with E-state index in [0.29, 0.717) is 57.1 Å². The molecule has 0 radical (unpaired) electrons. The van der Waals surface area contributed by atoms with Crippen LogP contribution in [0.2, 0.25) is 0 Å². The van der Waals surface area contributed by atoms with Crippen LogP contribution >= 0.6 is 0 Å². The highest BCUT2D eigenvalue weighted by Crippen LogP contribution is 2.33. The average Bonchev–Trinajstić information content (AvgIpc) is 3.38. The first-order chi connectivity index (χ1) is 13.1. The van der Waals surface area contributed by atoms with Crippen molar-refractivity contribution >= 4 is 11.6 Å². The number of carbonyl (C=O) groups excluding carboxylic acids is 1. The van der Waals surface area contributed by atoms with E-state index in [-0.39, 0.29) is 5.91 Å². The fourth-order valence-corrected chi connectivity index (χ4v) is 3.75. The number of methoxy groups -OCH3 is 2. The molecule has 8 heteroatoms. The minimum Gasteiger partial charge on any atom is -0.493 e. The second-order valence-corrected chi connectivity index (χ2v) is 6.84. The van der Waals surface area contributed by atoms with Gasteiger partial charge in [-0.15, -0.1) is 0 Å². The van der Waals surface area contributed by atoms with Crippen LogP contribution in [0.25, 0.3) is 0 Å². The number of likely N-dealkylation sites (tertiary alicyclic amines) is 1. The average molecular weight is 376 g/mol. The first kappa shape index (κ1) is 18.1. The number of nitrogens with zero attached hydrogens (tertiary/aromatic N) is 2. The number of piperidine rings is 1. The molecule has 8 nitrogen and oxygen atoms in total. The van der Waals surface area contributed by atoms with Crippen molar-refractivity contribution in [1.82, 2.24) is 4.90 Å². The summed E-state index contributed by atoms with van der Waals surface area (Å²) in [5.41, 5.74) is 1.58. The number of ether oxygens (including phenoxy) is 4. The molecule has 4 rings (SSSR count). The van der Waals surface area contributed by atoms with Crippen molar-refractivity contribution in [2.75, 3.05) is 40.5 Å². The van der Waals surface area contributed by atoms with Crippen LogP contribution in [-0.2, 0) is 19.1 Å². The number of rotatable bonds is 4. The maximum absolute atomic E-state index is 12.8. The highest BCUT2D eigenvalue weighted by molar-refractivity contribution is 6.04. The maximum Gasteiger partial charge on any atom is 0.266 e. The molecule has 0 unspecified atom stereocenters. The van der Waals surface area contributed by atoms with Gasteiger partial charge in [-0.25, -0.2) is 0 Å². The predicted octanol–water partition coefficient (Wildman–Crippen LogP) is 1.56. The lowest BCUT2D eigenvalue weighted by molar-refractivity contribution is -0.189. The SMILES string of the molecule is COc1ccc(C2=NO[C@H](C(=O)N3CCC4(CC3)OCCO4)C2)cc1OC. The lowest BCUT2D eigenvalue weighted by Crippen LogP contribution is -2.50. The second-order valence-electron chi connectivity index (χ2n) is 6.84. The smallest absolute Gasteiger partial charge is 0.266 e. The predicted molar refractivity (Wildman–Crippen MR) is 96.0 cm³/mol. The van der Waals surface area contributed by atoms with Gasteiger partial charge in [0.15, 0.2) is 17.3 Å². The van der Waals surface area contributed by atoms with Crippen molar-refractivity contribution in [2.24, 2.45) is 5.16 Å². The Morgan fingerprint density at radius 2 is 1.85 bits per heavy atom. The van der Waals surface area contributed by atoms with Crippen LogP contribution in [0.5, 0.6) is 11.5 Å². The van der Waals surface area contributed by atoms with Crippen LogP contribution < -0.4 is 9.47 Å². The summed E-state index contributed by atoms with van der Waals surface area (Å²) in [5.74, 6) is 0.730. The van der Waals surface area contributed by atoms with Crippen LogP contribution in [0.3, 0.4) is 0 Å². The molecule has 0 aromatic heterocycles. The van der Waals surface area contributed by atoms with Crippen molar-refractivity contribution in [3.8, 4) is 11.5 Å². The van der Waals surface area contributed by atoms with Crippen LogP contribution in [0.15, 0.2) is 23.4 Å². The third-order valence-corrected chi connectivity index (χ3v) is 5.31. The van der Waals surface area contributed by atoms with Gasteiger partial charge in [-0.3, -0.25) is 4.79 Å². The molecule has 0 N–H and O–H groups in total. The highest BCUT2D eigenvalue weighted by atomic mass is 16.7. The molecule has 146 valence electrons. The van der Waals surface area contributed by atoms with E-state index in [4.69, 9.17) is 23.8 Å². The first-order valence-corrected chi connectivity index (χ1v) is 9.16. The molecule has 1 amide bonds. The summed E-state index contributed by atoms with van der Waals surface area (Å²) in [6.45, 7) is 2.46. The zero-order chi connectivity index (χ0) is 18.9. The first-order valence-electron chi connectivity index (χ1n) is 9.16. The minimum atomic E-state index is -0.590. The molecule has 1 spiro atoms.